The van der Waals surface area contributed by atoms with Crippen LogP contribution in [-0.2, 0) is 7.05 Å². The number of nitrogens with zero attached hydrogens (tertiary/aromatic N) is 4. The molecule has 3 rings (SSSR count). The first-order chi connectivity index (χ1) is 10.1. The highest BCUT2D eigenvalue weighted by molar-refractivity contribution is 6.33. The molecular formula is C15H17ClN4O. The molecule has 1 fully saturated rings. The van der Waals surface area contributed by atoms with E-state index in [1.165, 1.54) is 4.57 Å². The highest BCUT2D eigenvalue weighted by atomic mass is 35.5. The molecule has 0 amide bonds. The van der Waals surface area contributed by atoms with E-state index in [9.17, 15) is 4.79 Å². The molecule has 0 aliphatic carbocycles. The van der Waals surface area contributed by atoms with Crippen LogP contribution in [0.1, 0.15) is 0 Å². The van der Waals surface area contributed by atoms with Crippen molar-refractivity contribution in [3.05, 3.63) is 52.0 Å². The Kier molecular flexibility index (Phi) is 3.84. The number of halogens is 1. The van der Waals surface area contributed by atoms with Gasteiger partial charge >= 0.3 is 0 Å². The van der Waals surface area contributed by atoms with Crippen molar-refractivity contribution in [3.63, 3.8) is 0 Å². The third-order valence-corrected chi connectivity index (χ3v) is 4.08. The van der Waals surface area contributed by atoms with E-state index in [1.54, 1.807) is 19.4 Å². The van der Waals surface area contributed by atoms with Gasteiger partial charge in [0.2, 0.25) is 0 Å². The maximum atomic E-state index is 11.7. The lowest BCUT2D eigenvalue weighted by Gasteiger charge is -2.37. The van der Waals surface area contributed by atoms with Crippen LogP contribution in [0.4, 0.5) is 11.5 Å². The Morgan fingerprint density at radius 2 is 1.76 bits per heavy atom. The van der Waals surface area contributed by atoms with Crippen molar-refractivity contribution in [2.24, 2.45) is 7.05 Å². The Bertz CT molecular complexity index is 692. The van der Waals surface area contributed by atoms with Gasteiger partial charge in [0.1, 0.15) is 5.82 Å². The summed E-state index contributed by atoms with van der Waals surface area (Å²) in [5.74, 6) is 0.747. The van der Waals surface area contributed by atoms with Crippen LogP contribution >= 0.6 is 11.6 Å². The molecule has 1 aromatic heterocycles. The molecular weight excluding hydrogens is 288 g/mol. The zero-order chi connectivity index (χ0) is 14.8. The number of aromatic nitrogens is 2. The second kappa shape index (κ2) is 5.77. The summed E-state index contributed by atoms with van der Waals surface area (Å²) in [6, 6.07) is 9.47. The minimum absolute atomic E-state index is 0.0338. The van der Waals surface area contributed by atoms with Gasteiger partial charge < -0.3 is 14.4 Å². The van der Waals surface area contributed by atoms with Crippen molar-refractivity contribution < 1.29 is 0 Å². The Morgan fingerprint density at radius 1 is 1.10 bits per heavy atom. The molecule has 0 radical (unpaired) electrons. The van der Waals surface area contributed by atoms with Crippen molar-refractivity contribution in [1.29, 1.82) is 0 Å². The molecule has 110 valence electrons. The van der Waals surface area contributed by atoms with Gasteiger partial charge in [-0.3, -0.25) is 4.79 Å². The molecule has 1 aromatic carbocycles. The van der Waals surface area contributed by atoms with Gasteiger partial charge in [-0.15, -0.1) is 0 Å². The summed E-state index contributed by atoms with van der Waals surface area (Å²) in [5.41, 5.74) is 1.03. The number of para-hydroxylation sites is 1. The molecule has 2 heterocycles. The van der Waals surface area contributed by atoms with Crippen LogP contribution < -0.4 is 15.4 Å². The third kappa shape index (κ3) is 2.88. The predicted molar refractivity (Wildman–Crippen MR) is 85.4 cm³/mol. The van der Waals surface area contributed by atoms with Crippen molar-refractivity contribution >= 4 is 23.1 Å². The summed E-state index contributed by atoms with van der Waals surface area (Å²) in [5, 5.41) is 0.776. The molecule has 0 atom stereocenters. The molecule has 21 heavy (non-hydrogen) atoms. The monoisotopic (exact) mass is 304 g/mol. The van der Waals surface area contributed by atoms with Gasteiger partial charge in [-0.2, -0.15) is 0 Å². The van der Waals surface area contributed by atoms with E-state index in [2.05, 4.69) is 14.8 Å². The van der Waals surface area contributed by atoms with Gasteiger partial charge in [-0.05, 0) is 12.1 Å². The van der Waals surface area contributed by atoms with Gasteiger partial charge in [0.05, 0.1) is 17.0 Å². The largest absolute Gasteiger partial charge is 0.367 e. The Morgan fingerprint density at radius 3 is 2.43 bits per heavy atom. The van der Waals surface area contributed by atoms with E-state index >= 15 is 0 Å². The Hall–Kier alpha value is -2.01. The van der Waals surface area contributed by atoms with Crippen LogP contribution in [0.5, 0.6) is 0 Å². The topological polar surface area (TPSA) is 41.4 Å². The molecule has 0 unspecified atom stereocenters. The second-order valence-electron chi connectivity index (χ2n) is 5.12. The van der Waals surface area contributed by atoms with Gasteiger partial charge in [-0.1, -0.05) is 23.7 Å². The van der Waals surface area contributed by atoms with Crippen LogP contribution in [-0.4, -0.2) is 35.7 Å². The van der Waals surface area contributed by atoms with E-state index in [1.807, 2.05) is 24.3 Å². The molecule has 2 aromatic rings. The average molecular weight is 305 g/mol. The first-order valence-corrected chi connectivity index (χ1v) is 7.30. The zero-order valence-corrected chi connectivity index (χ0v) is 12.6. The molecule has 0 saturated carbocycles. The SMILES string of the molecule is Cn1cnc(N2CCN(c3ccccc3Cl)CC2)cc1=O. The summed E-state index contributed by atoms with van der Waals surface area (Å²) < 4.78 is 1.48. The van der Waals surface area contributed by atoms with E-state index in [4.69, 9.17) is 11.6 Å². The summed E-state index contributed by atoms with van der Waals surface area (Å²) in [6.45, 7) is 3.37. The maximum absolute atomic E-state index is 11.7. The van der Waals surface area contributed by atoms with Gasteiger partial charge in [-0.25, -0.2) is 4.98 Å². The van der Waals surface area contributed by atoms with Crippen molar-refractivity contribution in [3.8, 4) is 0 Å². The third-order valence-electron chi connectivity index (χ3n) is 3.76. The average Bonchev–Trinajstić information content (AvgIpc) is 2.51. The smallest absolute Gasteiger partial charge is 0.255 e. The van der Waals surface area contributed by atoms with Crippen LogP contribution in [0.15, 0.2) is 41.5 Å². The van der Waals surface area contributed by atoms with Gasteiger partial charge in [0, 0.05) is 39.3 Å². The standard InChI is InChI=1S/C15H17ClN4O/c1-18-11-17-14(10-15(18)21)20-8-6-19(7-9-20)13-5-3-2-4-12(13)16/h2-5,10-11H,6-9H2,1H3. The Labute approximate surface area is 128 Å². The van der Waals surface area contributed by atoms with Crippen LogP contribution in [0, 0.1) is 0 Å². The van der Waals surface area contributed by atoms with Crippen molar-refractivity contribution in [2.75, 3.05) is 36.0 Å². The molecule has 5 nitrogen and oxygen atoms in total. The first-order valence-electron chi connectivity index (χ1n) is 6.92. The molecule has 1 saturated heterocycles. The van der Waals surface area contributed by atoms with Crippen LogP contribution in [0.25, 0.3) is 0 Å². The van der Waals surface area contributed by atoms with E-state index in [-0.39, 0.29) is 5.56 Å². The van der Waals surface area contributed by atoms with E-state index in [0.29, 0.717) is 0 Å². The quantitative estimate of drug-likeness (QED) is 0.848. The van der Waals surface area contributed by atoms with Crippen LogP contribution in [0.3, 0.4) is 0 Å². The lowest BCUT2D eigenvalue weighted by Crippen LogP contribution is -2.47. The Balaban J connectivity index is 1.72. The summed E-state index contributed by atoms with van der Waals surface area (Å²) >= 11 is 6.24. The number of hydrogen-bond acceptors (Lipinski definition) is 4. The fourth-order valence-electron chi connectivity index (χ4n) is 2.51. The molecule has 6 heteroatoms. The summed E-state index contributed by atoms with van der Waals surface area (Å²) in [4.78, 5) is 20.4. The van der Waals surface area contributed by atoms with E-state index < -0.39 is 0 Å². The minimum atomic E-state index is -0.0338. The van der Waals surface area contributed by atoms with Gasteiger partial charge in [0.15, 0.2) is 0 Å². The fraction of sp³-hybridized carbons (Fsp3) is 0.333. The highest BCUT2D eigenvalue weighted by Gasteiger charge is 2.19. The number of aryl methyl sites for hydroxylation is 1. The predicted octanol–water partition coefficient (Wildman–Crippen LogP) is 1.76. The van der Waals surface area contributed by atoms with Crippen molar-refractivity contribution in [1.82, 2.24) is 9.55 Å². The molecule has 0 bridgehead atoms. The van der Waals surface area contributed by atoms with Crippen molar-refractivity contribution in [2.45, 2.75) is 0 Å². The lowest BCUT2D eigenvalue weighted by molar-refractivity contribution is 0.643. The zero-order valence-electron chi connectivity index (χ0n) is 11.9. The highest BCUT2D eigenvalue weighted by Crippen LogP contribution is 2.26. The summed E-state index contributed by atoms with van der Waals surface area (Å²) in [7, 11) is 1.70. The van der Waals surface area contributed by atoms with Crippen LogP contribution in [0.2, 0.25) is 5.02 Å². The molecule has 0 N–H and O–H groups in total. The normalized spacial score (nSPS) is 15.3. The van der Waals surface area contributed by atoms with E-state index in [0.717, 1.165) is 42.7 Å². The second-order valence-corrected chi connectivity index (χ2v) is 5.53. The summed E-state index contributed by atoms with van der Waals surface area (Å²) in [6.07, 6.45) is 1.57. The lowest BCUT2D eigenvalue weighted by atomic mass is 10.2. The number of hydrogen-bond donors (Lipinski definition) is 0. The molecule has 1 aliphatic heterocycles. The number of piperazine rings is 1. The first kappa shape index (κ1) is 13.9. The molecule has 1 aliphatic rings. The number of anilines is 2. The number of rotatable bonds is 2. The van der Waals surface area contributed by atoms with Gasteiger partial charge in [0.25, 0.3) is 5.56 Å². The molecule has 0 spiro atoms. The number of benzene rings is 1. The maximum Gasteiger partial charge on any atom is 0.255 e. The minimum Gasteiger partial charge on any atom is -0.367 e. The fourth-order valence-corrected chi connectivity index (χ4v) is 2.77.